The third-order valence-electron chi connectivity index (χ3n) is 2.59. The minimum absolute atomic E-state index is 0.0565. The van der Waals surface area contributed by atoms with Gasteiger partial charge in [-0.1, -0.05) is 12.1 Å². The van der Waals surface area contributed by atoms with Crippen molar-refractivity contribution in [3.8, 4) is 11.1 Å². The standard InChI is InChI=1S/C13H7F3O2S/c14-13(15,16)12-3-8(4-17)1-2-10(12)11-7-19-6-9(11)5-18/h1-7H. The first-order valence-electron chi connectivity index (χ1n) is 5.15. The van der Waals surface area contributed by atoms with Gasteiger partial charge in [0.2, 0.25) is 0 Å². The highest BCUT2D eigenvalue weighted by Gasteiger charge is 2.34. The van der Waals surface area contributed by atoms with Gasteiger partial charge in [-0.05, 0) is 17.0 Å². The van der Waals surface area contributed by atoms with E-state index in [1.54, 1.807) is 0 Å². The molecule has 0 aliphatic heterocycles. The second kappa shape index (κ2) is 4.97. The predicted molar refractivity (Wildman–Crippen MR) is 65.5 cm³/mol. The normalized spacial score (nSPS) is 11.3. The first-order chi connectivity index (χ1) is 8.97. The summed E-state index contributed by atoms with van der Waals surface area (Å²) in [4.78, 5) is 21.4. The van der Waals surface area contributed by atoms with Gasteiger partial charge in [-0.3, -0.25) is 9.59 Å². The van der Waals surface area contributed by atoms with Crippen molar-refractivity contribution in [1.29, 1.82) is 0 Å². The summed E-state index contributed by atoms with van der Waals surface area (Å²) in [5.41, 5.74) is -0.641. The number of aldehydes is 2. The zero-order chi connectivity index (χ0) is 14.0. The molecule has 0 saturated carbocycles. The largest absolute Gasteiger partial charge is 0.417 e. The van der Waals surface area contributed by atoms with Crippen molar-refractivity contribution < 1.29 is 22.8 Å². The Kier molecular flexibility index (Phi) is 3.53. The fraction of sp³-hybridized carbons (Fsp3) is 0.0769. The van der Waals surface area contributed by atoms with Crippen molar-refractivity contribution in [2.45, 2.75) is 6.18 Å². The van der Waals surface area contributed by atoms with Gasteiger partial charge in [0.05, 0.1) is 5.56 Å². The van der Waals surface area contributed by atoms with Gasteiger partial charge < -0.3 is 0 Å². The molecule has 0 N–H and O–H groups in total. The van der Waals surface area contributed by atoms with E-state index in [1.807, 2.05) is 0 Å². The molecule has 1 aromatic heterocycles. The number of hydrogen-bond donors (Lipinski definition) is 0. The maximum absolute atomic E-state index is 13.0. The van der Waals surface area contributed by atoms with Gasteiger partial charge in [-0.25, -0.2) is 0 Å². The Morgan fingerprint density at radius 3 is 2.32 bits per heavy atom. The summed E-state index contributed by atoms with van der Waals surface area (Å²) in [6, 6.07) is 3.29. The Bertz CT molecular complexity index is 629. The fourth-order valence-electron chi connectivity index (χ4n) is 1.72. The number of hydrogen-bond acceptors (Lipinski definition) is 3. The van der Waals surface area contributed by atoms with Crippen LogP contribution >= 0.6 is 11.3 Å². The Hall–Kier alpha value is -1.95. The quantitative estimate of drug-likeness (QED) is 0.796. The molecule has 0 bridgehead atoms. The van der Waals surface area contributed by atoms with Crippen LogP contribution in [-0.4, -0.2) is 12.6 Å². The molecule has 0 aliphatic carbocycles. The number of carbonyl (C=O) groups is 2. The number of benzene rings is 1. The monoisotopic (exact) mass is 284 g/mol. The van der Waals surface area contributed by atoms with Gasteiger partial charge in [0, 0.05) is 22.1 Å². The van der Waals surface area contributed by atoms with Crippen molar-refractivity contribution >= 4 is 23.9 Å². The van der Waals surface area contributed by atoms with Crippen LogP contribution in [0, 0.1) is 0 Å². The lowest BCUT2D eigenvalue weighted by Gasteiger charge is -2.13. The van der Waals surface area contributed by atoms with Crippen molar-refractivity contribution in [3.63, 3.8) is 0 Å². The summed E-state index contributed by atoms with van der Waals surface area (Å²) < 4.78 is 39.0. The maximum atomic E-state index is 13.0. The Morgan fingerprint density at radius 1 is 1.00 bits per heavy atom. The maximum Gasteiger partial charge on any atom is 0.417 e. The van der Waals surface area contributed by atoms with Crippen LogP contribution in [-0.2, 0) is 6.18 Å². The van der Waals surface area contributed by atoms with E-state index < -0.39 is 11.7 Å². The van der Waals surface area contributed by atoms with Gasteiger partial charge in [-0.2, -0.15) is 24.5 Å². The average molecular weight is 284 g/mol. The molecule has 0 amide bonds. The number of rotatable bonds is 3. The average Bonchev–Trinajstić information content (AvgIpc) is 2.85. The van der Waals surface area contributed by atoms with Crippen molar-refractivity contribution in [2.75, 3.05) is 0 Å². The van der Waals surface area contributed by atoms with Crippen LogP contribution in [0.4, 0.5) is 13.2 Å². The highest BCUT2D eigenvalue weighted by molar-refractivity contribution is 7.08. The van der Waals surface area contributed by atoms with E-state index in [4.69, 9.17) is 0 Å². The van der Waals surface area contributed by atoms with Crippen molar-refractivity contribution in [3.05, 3.63) is 45.6 Å². The second-order valence-electron chi connectivity index (χ2n) is 3.78. The first-order valence-corrected chi connectivity index (χ1v) is 6.10. The third kappa shape index (κ3) is 2.58. The molecular formula is C13H7F3O2S. The van der Waals surface area contributed by atoms with Crippen molar-refractivity contribution in [1.82, 2.24) is 0 Å². The molecule has 2 nitrogen and oxygen atoms in total. The fourth-order valence-corrected chi connectivity index (χ4v) is 2.52. The van der Waals surface area contributed by atoms with E-state index in [0.29, 0.717) is 12.6 Å². The Morgan fingerprint density at radius 2 is 1.74 bits per heavy atom. The molecule has 6 heteroatoms. The lowest BCUT2D eigenvalue weighted by Crippen LogP contribution is -2.08. The Labute approximate surface area is 110 Å². The summed E-state index contributed by atoms with van der Waals surface area (Å²) >= 11 is 1.15. The molecule has 19 heavy (non-hydrogen) atoms. The zero-order valence-corrected chi connectivity index (χ0v) is 10.2. The van der Waals surface area contributed by atoms with E-state index in [-0.39, 0.29) is 22.3 Å². The molecule has 1 aromatic carbocycles. The van der Waals surface area contributed by atoms with Crippen LogP contribution in [0.1, 0.15) is 26.3 Å². The molecule has 2 rings (SSSR count). The van der Waals surface area contributed by atoms with E-state index in [9.17, 15) is 22.8 Å². The highest BCUT2D eigenvalue weighted by atomic mass is 32.1. The highest BCUT2D eigenvalue weighted by Crippen LogP contribution is 2.39. The Balaban J connectivity index is 2.70. The smallest absolute Gasteiger partial charge is 0.298 e. The molecule has 2 aromatic rings. The van der Waals surface area contributed by atoms with E-state index in [0.717, 1.165) is 17.4 Å². The molecule has 0 spiro atoms. The summed E-state index contributed by atoms with van der Waals surface area (Å²) in [6.07, 6.45) is -3.72. The molecule has 0 fully saturated rings. The number of alkyl halides is 3. The number of thiophene rings is 1. The van der Waals surface area contributed by atoms with E-state index >= 15 is 0 Å². The summed E-state index contributed by atoms with van der Waals surface area (Å²) in [7, 11) is 0. The zero-order valence-electron chi connectivity index (χ0n) is 9.40. The molecule has 98 valence electrons. The van der Waals surface area contributed by atoms with Gasteiger partial charge >= 0.3 is 6.18 Å². The van der Waals surface area contributed by atoms with Gasteiger partial charge in [0.15, 0.2) is 6.29 Å². The van der Waals surface area contributed by atoms with Crippen LogP contribution in [0.3, 0.4) is 0 Å². The van der Waals surface area contributed by atoms with Gasteiger partial charge in [-0.15, -0.1) is 0 Å². The predicted octanol–water partition coefficient (Wildman–Crippen LogP) is 4.06. The van der Waals surface area contributed by atoms with Crippen LogP contribution in [0.5, 0.6) is 0 Å². The molecule has 0 saturated heterocycles. The lowest BCUT2D eigenvalue weighted by molar-refractivity contribution is -0.137. The molecule has 0 unspecified atom stereocenters. The lowest BCUT2D eigenvalue weighted by atomic mass is 9.97. The van der Waals surface area contributed by atoms with Crippen LogP contribution in [0.15, 0.2) is 29.0 Å². The number of carbonyl (C=O) groups excluding carboxylic acids is 2. The molecule has 0 radical (unpaired) electrons. The van der Waals surface area contributed by atoms with Crippen LogP contribution < -0.4 is 0 Å². The van der Waals surface area contributed by atoms with Gasteiger partial charge in [0.1, 0.15) is 6.29 Å². The molecule has 0 atom stereocenters. The SMILES string of the molecule is O=Cc1ccc(-c2cscc2C=O)c(C(F)(F)F)c1. The van der Waals surface area contributed by atoms with Crippen molar-refractivity contribution in [2.24, 2.45) is 0 Å². The minimum atomic E-state index is -4.59. The van der Waals surface area contributed by atoms with E-state index in [1.165, 1.54) is 22.9 Å². The van der Waals surface area contributed by atoms with Gasteiger partial charge in [0.25, 0.3) is 0 Å². The second-order valence-corrected chi connectivity index (χ2v) is 4.52. The summed E-state index contributed by atoms with van der Waals surface area (Å²) in [5.74, 6) is 0. The first kappa shape index (κ1) is 13.5. The van der Waals surface area contributed by atoms with E-state index in [2.05, 4.69) is 0 Å². The molecule has 0 aliphatic rings. The summed E-state index contributed by atoms with van der Waals surface area (Å²) in [6.45, 7) is 0. The summed E-state index contributed by atoms with van der Waals surface area (Å²) in [5, 5.41) is 2.96. The van der Waals surface area contributed by atoms with Crippen LogP contribution in [0.25, 0.3) is 11.1 Å². The van der Waals surface area contributed by atoms with Crippen LogP contribution in [0.2, 0.25) is 0 Å². The molecular weight excluding hydrogens is 277 g/mol. The minimum Gasteiger partial charge on any atom is -0.298 e. The molecule has 1 heterocycles. The number of halogens is 3. The third-order valence-corrected chi connectivity index (χ3v) is 3.36. The topological polar surface area (TPSA) is 34.1 Å².